The second-order valence-electron chi connectivity index (χ2n) is 16.3. The molecule has 2 atom stereocenters. The maximum absolute atomic E-state index is 11.6. The van der Waals surface area contributed by atoms with Gasteiger partial charge in [0.25, 0.3) is 0 Å². The molecule has 4 aliphatic rings. The van der Waals surface area contributed by atoms with Crippen molar-refractivity contribution in [2.75, 3.05) is 0 Å². The van der Waals surface area contributed by atoms with Gasteiger partial charge in [0, 0.05) is 46.0 Å². The Morgan fingerprint density at radius 1 is 0.614 bits per heavy atom. The Morgan fingerprint density at radius 2 is 1.00 bits per heavy atom. The molecule has 11 heteroatoms. The zero-order valence-electron chi connectivity index (χ0n) is 34.4. The van der Waals surface area contributed by atoms with E-state index in [0.29, 0.717) is 51.6 Å². The van der Waals surface area contributed by atoms with Crippen molar-refractivity contribution < 1.29 is 34.8 Å². The minimum Gasteiger partial charge on any atom is -0.481 e. The highest BCUT2D eigenvalue weighted by molar-refractivity contribution is 5.96. The van der Waals surface area contributed by atoms with Gasteiger partial charge in [0.05, 0.1) is 47.2 Å². The summed E-state index contributed by atoms with van der Waals surface area (Å²) in [7, 11) is 0. The van der Waals surface area contributed by atoms with Crippen molar-refractivity contribution in [1.82, 2.24) is 19.9 Å². The molecule has 57 heavy (non-hydrogen) atoms. The van der Waals surface area contributed by atoms with Crippen molar-refractivity contribution in [3.05, 3.63) is 69.3 Å². The number of carboxylic acids is 2. The number of aromatic amines is 2. The van der Waals surface area contributed by atoms with Crippen molar-refractivity contribution in [1.29, 1.82) is 0 Å². The van der Waals surface area contributed by atoms with Crippen molar-refractivity contribution in [3.8, 4) is 0 Å². The maximum atomic E-state index is 11.6. The van der Waals surface area contributed by atoms with Crippen LogP contribution in [0.4, 0.5) is 0 Å². The number of aliphatic hydroxyl groups is 2. The van der Waals surface area contributed by atoms with Gasteiger partial charge in [0.2, 0.25) is 0 Å². The molecule has 0 amide bonds. The molecule has 2 unspecified atom stereocenters. The van der Waals surface area contributed by atoms with E-state index in [2.05, 4.69) is 9.97 Å². The maximum Gasteiger partial charge on any atom is 0.303 e. The number of hydrogen-bond donors (Lipinski definition) is 6. The molecular formula is C46H60N4O7. The first-order valence-corrected chi connectivity index (χ1v) is 20.8. The van der Waals surface area contributed by atoms with Crippen molar-refractivity contribution >= 4 is 56.3 Å². The molecule has 2 saturated carbocycles. The molecule has 0 spiro atoms. The zero-order valence-corrected chi connectivity index (χ0v) is 34.4. The quantitative estimate of drug-likeness (QED) is 0.117. The lowest BCUT2D eigenvalue weighted by Crippen LogP contribution is -2.25. The lowest BCUT2D eigenvalue weighted by Gasteiger charge is -2.29. The Balaban J connectivity index is 0.000000355. The molecule has 3 aromatic rings. The molecule has 3 aromatic heterocycles. The summed E-state index contributed by atoms with van der Waals surface area (Å²) in [6, 6.07) is 7.51. The van der Waals surface area contributed by atoms with E-state index in [4.69, 9.17) is 14.7 Å². The molecule has 2 aliphatic heterocycles. The number of rotatable bonds is 10. The number of aliphatic carboxylic acids is 2. The molecule has 0 saturated heterocycles. The average Bonchev–Trinajstić information content (AvgIpc) is 3.83. The second-order valence-corrected chi connectivity index (χ2v) is 16.3. The van der Waals surface area contributed by atoms with E-state index >= 15 is 0 Å². The Kier molecular flexibility index (Phi) is 13.5. The van der Waals surface area contributed by atoms with Gasteiger partial charge in [-0.25, -0.2) is 9.97 Å². The van der Waals surface area contributed by atoms with Gasteiger partial charge in [-0.05, 0) is 138 Å². The van der Waals surface area contributed by atoms with E-state index < -0.39 is 24.1 Å². The third-order valence-corrected chi connectivity index (χ3v) is 12.1. The standard InChI is InChI=1S/C34H38N4O6.C12H22O/c1-15-21(7-9-31(41)42)27-14-28-22(8-10-32(43)44)16(2)24(36-28)12-29-34(20(6)40)18(4)26(38-29)13-30-33(19(5)39)17(3)25(37-30)11-23(15)35-27;1-3-7-11(8-4-1)13-12-9-5-2-6-10-12/h11-14,19-20,37-40H,7-10H2,1-6H3,(H,41,42)(H,43,44);11-12H,1-10H2. The van der Waals surface area contributed by atoms with Gasteiger partial charge in [0.1, 0.15) is 0 Å². The summed E-state index contributed by atoms with van der Waals surface area (Å²) in [5, 5.41) is 40.5. The molecule has 2 aliphatic carbocycles. The number of fused-ring (bicyclic) bond motifs is 8. The average molecular weight is 781 g/mol. The molecule has 2 fully saturated rings. The van der Waals surface area contributed by atoms with Gasteiger partial charge in [-0.15, -0.1) is 0 Å². The SMILES string of the molecule is C1CCC(OC2CCCCC2)CC1.CC1=C(CCC(=O)O)c2cc3nc(cc4[nH]c(cc5[nH]c(cc1n2)c(C)c5C(C)O)c(C)c4C(C)O)C(C)=C3CCC(=O)O. The molecule has 0 aromatic carbocycles. The van der Waals surface area contributed by atoms with E-state index in [1.807, 2.05) is 52.0 Å². The van der Waals surface area contributed by atoms with Gasteiger partial charge in [-0.3, -0.25) is 9.59 Å². The number of H-pyrrole nitrogens is 2. The monoisotopic (exact) mass is 780 g/mol. The number of nitrogens with zero attached hydrogens (tertiary/aromatic N) is 2. The summed E-state index contributed by atoms with van der Waals surface area (Å²) in [5.41, 5.74) is 11.7. The van der Waals surface area contributed by atoms with Crippen LogP contribution in [0, 0.1) is 13.8 Å². The van der Waals surface area contributed by atoms with Crippen LogP contribution in [0.5, 0.6) is 0 Å². The van der Waals surface area contributed by atoms with E-state index in [1.165, 1.54) is 64.2 Å². The largest absolute Gasteiger partial charge is 0.481 e. The first-order valence-electron chi connectivity index (χ1n) is 20.8. The molecule has 8 bridgehead atoms. The fourth-order valence-corrected chi connectivity index (χ4v) is 8.99. The minimum atomic E-state index is -0.921. The van der Waals surface area contributed by atoms with Crippen LogP contribution in [0.3, 0.4) is 0 Å². The lowest BCUT2D eigenvalue weighted by atomic mass is 9.95. The van der Waals surface area contributed by atoms with Gasteiger partial charge >= 0.3 is 11.9 Å². The Hall–Kier alpha value is -4.58. The first-order chi connectivity index (χ1) is 27.2. The highest BCUT2D eigenvalue weighted by Gasteiger charge is 2.24. The normalized spacial score (nSPS) is 17.7. The number of aliphatic hydroxyl groups excluding tert-OH is 2. The summed E-state index contributed by atoms with van der Waals surface area (Å²) < 4.78 is 6.13. The molecule has 5 heterocycles. The van der Waals surface area contributed by atoms with Crippen LogP contribution < -0.4 is 0 Å². The van der Waals surface area contributed by atoms with Gasteiger partial charge in [-0.1, -0.05) is 38.5 Å². The summed E-state index contributed by atoms with van der Waals surface area (Å²) in [6.07, 6.45) is 13.9. The van der Waals surface area contributed by atoms with Crippen LogP contribution in [0.1, 0.15) is 175 Å². The second kappa shape index (κ2) is 18.3. The number of ether oxygens (including phenoxy) is 1. The fraction of sp³-hybridized carbons (Fsp3) is 0.522. The number of carbonyl (C=O) groups is 2. The molecule has 7 rings (SSSR count). The predicted molar refractivity (Wildman–Crippen MR) is 225 cm³/mol. The number of hydrogen-bond acceptors (Lipinski definition) is 7. The third kappa shape index (κ3) is 9.76. The highest BCUT2D eigenvalue weighted by Crippen LogP contribution is 2.39. The Bertz CT molecular complexity index is 2200. The summed E-state index contributed by atoms with van der Waals surface area (Å²) in [5.74, 6) is -1.84. The van der Waals surface area contributed by atoms with Crippen LogP contribution in [0.15, 0.2) is 24.3 Å². The fourth-order valence-electron chi connectivity index (χ4n) is 8.99. The zero-order chi connectivity index (χ0) is 41.0. The number of carboxylic acid groups (broad SMARTS) is 2. The van der Waals surface area contributed by atoms with Gasteiger partial charge < -0.3 is 35.1 Å². The predicted octanol–water partition coefficient (Wildman–Crippen LogP) is 10.3. The summed E-state index contributed by atoms with van der Waals surface area (Å²) in [6.45, 7) is 11.1. The van der Waals surface area contributed by atoms with E-state index in [-0.39, 0.29) is 25.7 Å². The van der Waals surface area contributed by atoms with E-state index in [0.717, 1.165) is 50.0 Å². The van der Waals surface area contributed by atoms with Crippen LogP contribution in [0.2, 0.25) is 0 Å². The number of aryl methyl sites for hydroxylation is 2. The van der Waals surface area contributed by atoms with Crippen LogP contribution in [-0.2, 0) is 14.3 Å². The summed E-state index contributed by atoms with van der Waals surface area (Å²) >= 11 is 0. The molecule has 0 radical (unpaired) electrons. The number of aromatic nitrogens is 4. The van der Waals surface area contributed by atoms with Crippen LogP contribution in [0.25, 0.3) is 44.4 Å². The molecule has 306 valence electrons. The first kappa shape index (κ1) is 42.0. The molecular weight excluding hydrogens is 721 g/mol. The highest BCUT2D eigenvalue weighted by atomic mass is 16.5. The van der Waals surface area contributed by atoms with E-state index in [9.17, 15) is 30.0 Å². The topological polar surface area (TPSA) is 182 Å². The van der Waals surface area contributed by atoms with Gasteiger partial charge in [0.15, 0.2) is 0 Å². The smallest absolute Gasteiger partial charge is 0.303 e. The third-order valence-electron chi connectivity index (χ3n) is 12.1. The van der Waals surface area contributed by atoms with Crippen LogP contribution >= 0.6 is 0 Å². The van der Waals surface area contributed by atoms with E-state index in [1.54, 1.807) is 13.8 Å². The number of nitrogens with one attached hydrogen (secondary N) is 2. The van der Waals surface area contributed by atoms with Crippen LogP contribution in [-0.4, -0.2) is 64.5 Å². The molecule has 11 nitrogen and oxygen atoms in total. The minimum absolute atomic E-state index is 0.0750. The lowest BCUT2D eigenvalue weighted by molar-refractivity contribution is -0.137. The Labute approximate surface area is 335 Å². The van der Waals surface area contributed by atoms with Gasteiger partial charge in [-0.2, -0.15) is 0 Å². The molecule has 6 N–H and O–H groups in total. The summed E-state index contributed by atoms with van der Waals surface area (Å²) in [4.78, 5) is 39.8. The van der Waals surface area contributed by atoms with Crippen molar-refractivity contribution in [2.24, 2.45) is 0 Å². The Morgan fingerprint density at radius 3 is 1.40 bits per heavy atom. The van der Waals surface area contributed by atoms with Crippen molar-refractivity contribution in [3.63, 3.8) is 0 Å². The van der Waals surface area contributed by atoms with Crippen molar-refractivity contribution in [2.45, 2.75) is 156 Å². The number of allylic oxidation sites excluding steroid dienone is 4.